The predicted octanol–water partition coefficient (Wildman–Crippen LogP) is 3.86. The summed E-state index contributed by atoms with van der Waals surface area (Å²) in [7, 11) is 0. The van der Waals surface area contributed by atoms with Gasteiger partial charge in [-0.15, -0.1) is 0 Å². The molecule has 1 atom stereocenters. The molecular weight excluding hydrogens is 254 g/mol. The number of nitriles is 1. The first-order chi connectivity index (χ1) is 7.04. The largest absolute Gasteiger partial charge is 0.475 e. The highest BCUT2D eigenvalue weighted by Crippen LogP contribution is 2.29. The molecule has 0 heterocycles. The van der Waals surface area contributed by atoms with Crippen molar-refractivity contribution in [2.24, 2.45) is 0 Å². The van der Waals surface area contributed by atoms with Crippen molar-refractivity contribution in [3.63, 3.8) is 0 Å². The molecule has 1 unspecified atom stereocenters. The van der Waals surface area contributed by atoms with Gasteiger partial charge in [0.2, 0.25) is 0 Å². The van der Waals surface area contributed by atoms with Crippen LogP contribution in [0.15, 0.2) is 22.7 Å². The fourth-order valence-electron chi connectivity index (χ4n) is 1.19. The van der Waals surface area contributed by atoms with Gasteiger partial charge < -0.3 is 4.74 Å². The molecule has 1 aromatic carbocycles. The summed E-state index contributed by atoms with van der Waals surface area (Å²) in [6.07, 6.45) is -0.425. The minimum atomic E-state index is -0.425. The Balaban J connectivity index is 2.89. The molecule has 0 saturated carbocycles. The maximum atomic E-state index is 8.64. The Labute approximate surface area is 99.0 Å². The standard InChI is InChI=1S/C12H14BrNO/c1-8(2)10-4-5-12(11(13)6-10)15-9(3)7-14/h4-6,8-9H,1-3H3. The van der Waals surface area contributed by atoms with E-state index >= 15 is 0 Å². The summed E-state index contributed by atoms with van der Waals surface area (Å²) in [4.78, 5) is 0. The van der Waals surface area contributed by atoms with Crippen molar-refractivity contribution >= 4 is 15.9 Å². The monoisotopic (exact) mass is 267 g/mol. The molecule has 2 nitrogen and oxygen atoms in total. The Bertz CT molecular complexity index is 382. The van der Waals surface area contributed by atoms with Crippen LogP contribution >= 0.6 is 15.9 Å². The van der Waals surface area contributed by atoms with E-state index in [4.69, 9.17) is 10.00 Å². The van der Waals surface area contributed by atoms with E-state index in [1.165, 1.54) is 5.56 Å². The van der Waals surface area contributed by atoms with E-state index < -0.39 is 6.10 Å². The quantitative estimate of drug-likeness (QED) is 0.833. The van der Waals surface area contributed by atoms with Crippen molar-refractivity contribution in [1.82, 2.24) is 0 Å². The van der Waals surface area contributed by atoms with Gasteiger partial charge in [0.15, 0.2) is 6.10 Å². The van der Waals surface area contributed by atoms with Gasteiger partial charge in [-0.3, -0.25) is 0 Å². The minimum absolute atomic E-state index is 0.425. The van der Waals surface area contributed by atoms with Crippen LogP contribution < -0.4 is 4.74 Å². The second-order valence-corrected chi connectivity index (χ2v) is 4.59. The highest BCUT2D eigenvalue weighted by Gasteiger charge is 2.08. The van der Waals surface area contributed by atoms with Crippen LogP contribution in [0.25, 0.3) is 0 Å². The first kappa shape index (κ1) is 12.1. The summed E-state index contributed by atoms with van der Waals surface area (Å²) in [6.45, 7) is 6.00. The van der Waals surface area contributed by atoms with E-state index in [0.717, 1.165) is 4.47 Å². The van der Waals surface area contributed by atoms with Gasteiger partial charge in [-0.2, -0.15) is 5.26 Å². The molecule has 0 amide bonds. The average Bonchev–Trinajstić information content (AvgIpc) is 2.20. The predicted molar refractivity (Wildman–Crippen MR) is 63.9 cm³/mol. The maximum Gasteiger partial charge on any atom is 0.181 e. The molecule has 0 spiro atoms. The van der Waals surface area contributed by atoms with E-state index in [1.807, 2.05) is 24.3 Å². The van der Waals surface area contributed by atoms with Gasteiger partial charge in [0, 0.05) is 0 Å². The summed E-state index contributed by atoms with van der Waals surface area (Å²) in [6, 6.07) is 7.99. The van der Waals surface area contributed by atoms with Crippen LogP contribution in [0.5, 0.6) is 5.75 Å². The van der Waals surface area contributed by atoms with Crippen LogP contribution in [0, 0.1) is 11.3 Å². The van der Waals surface area contributed by atoms with Gasteiger partial charge in [0.1, 0.15) is 11.8 Å². The van der Waals surface area contributed by atoms with Crippen molar-refractivity contribution in [2.75, 3.05) is 0 Å². The van der Waals surface area contributed by atoms with Crippen molar-refractivity contribution in [1.29, 1.82) is 5.26 Å². The molecule has 80 valence electrons. The number of hydrogen-bond donors (Lipinski definition) is 0. The van der Waals surface area contributed by atoms with Gasteiger partial charge in [-0.25, -0.2) is 0 Å². The lowest BCUT2D eigenvalue weighted by molar-refractivity contribution is 0.274. The molecule has 0 aliphatic carbocycles. The third-order valence-electron chi connectivity index (χ3n) is 2.11. The maximum absolute atomic E-state index is 8.64. The molecule has 0 aliphatic heterocycles. The van der Waals surface area contributed by atoms with Crippen LogP contribution in [0.3, 0.4) is 0 Å². The van der Waals surface area contributed by atoms with Gasteiger partial charge in [-0.05, 0) is 46.5 Å². The molecule has 3 heteroatoms. The van der Waals surface area contributed by atoms with Crippen LogP contribution in [-0.4, -0.2) is 6.10 Å². The molecular formula is C12H14BrNO. The number of halogens is 1. The highest BCUT2D eigenvalue weighted by atomic mass is 79.9. The lowest BCUT2D eigenvalue weighted by atomic mass is 10.0. The lowest BCUT2D eigenvalue weighted by Crippen LogP contribution is -2.08. The van der Waals surface area contributed by atoms with E-state index in [2.05, 4.69) is 29.8 Å². The Hall–Kier alpha value is -1.01. The zero-order chi connectivity index (χ0) is 11.4. The number of ether oxygens (including phenoxy) is 1. The molecule has 0 aliphatic rings. The van der Waals surface area contributed by atoms with Crippen LogP contribution in [0.1, 0.15) is 32.3 Å². The van der Waals surface area contributed by atoms with Gasteiger partial charge in [0.25, 0.3) is 0 Å². The molecule has 0 saturated heterocycles. The first-order valence-corrected chi connectivity index (χ1v) is 5.69. The average molecular weight is 268 g/mol. The second kappa shape index (κ2) is 5.18. The topological polar surface area (TPSA) is 33.0 Å². The highest BCUT2D eigenvalue weighted by molar-refractivity contribution is 9.10. The van der Waals surface area contributed by atoms with Crippen molar-refractivity contribution < 1.29 is 4.74 Å². The Morgan fingerprint density at radius 2 is 2.00 bits per heavy atom. The first-order valence-electron chi connectivity index (χ1n) is 4.90. The van der Waals surface area contributed by atoms with Crippen LogP contribution in [0.2, 0.25) is 0 Å². The molecule has 0 aromatic heterocycles. The van der Waals surface area contributed by atoms with Crippen molar-refractivity contribution in [3.8, 4) is 11.8 Å². The normalized spacial score (nSPS) is 12.3. The number of benzene rings is 1. The van der Waals surface area contributed by atoms with Crippen molar-refractivity contribution in [3.05, 3.63) is 28.2 Å². The fraction of sp³-hybridized carbons (Fsp3) is 0.417. The molecule has 0 radical (unpaired) electrons. The van der Waals surface area contributed by atoms with Gasteiger partial charge in [0.05, 0.1) is 4.47 Å². The summed E-state index contributed by atoms with van der Waals surface area (Å²) < 4.78 is 6.32. The Kier molecular flexibility index (Phi) is 4.16. The smallest absolute Gasteiger partial charge is 0.181 e. The van der Waals surface area contributed by atoms with Crippen LogP contribution in [0.4, 0.5) is 0 Å². The Morgan fingerprint density at radius 3 is 2.47 bits per heavy atom. The van der Waals surface area contributed by atoms with Gasteiger partial charge >= 0.3 is 0 Å². The number of nitrogens with zero attached hydrogens (tertiary/aromatic N) is 1. The fourth-order valence-corrected chi connectivity index (χ4v) is 1.68. The zero-order valence-electron chi connectivity index (χ0n) is 9.12. The van der Waals surface area contributed by atoms with E-state index in [9.17, 15) is 0 Å². The molecule has 1 aromatic rings. The molecule has 15 heavy (non-hydrogen) atoms. The van der Waals surface area contributed by atoms with Crippen molar-refractivity contribution in [2.45, 2.75) is 32.8 Å². The van der Waals surface area contributed by atoms with E-state index in [1.54, 1.807) is 6.92 Å². The molecule has 1 rings (SSSR count). The summed E-state index contributed by atoms with van der Waals surface area (Å²) in [5.41, 5.74) is 1.25. The van der Waals surface area contributed by atoms with E-state index in [0.29, 0.717) is 11.7 Å². The molecule has 0 N–H and O–H groups in total. The van der Waals surface area contributed by atoms with Gasteiger partial charge in [-0.1, -0.05) is 19.9 Å². The molecule has 0 fully saturated rings. The number of hydrogen-bond acceptors (Lipinski definition) is 2. The van der Waals surface area contributed by atoms with Crippen LogP contribution in [-0.2, 0) is 0 Å². The SMILES string of the molecule is CC(C#N)Oc1ccc(C(C)C)cc1Br. The third-order valence-corrected chi connectivity index (χ3v) is 2.73. The summed E-state index contributed by atoms with van der Waals surface area (Å²) in [5, 5.41) is 8.64. The summed E-state index contributed by atoms with van der Waals surface area (Å²) >= 11 is 3.44. The third kappa shape index (κ3) is 3.24. The number of rotatable bonds is 3. The molecule has 0 bridgehead atoms. The van der Waals surface area contributed by atoms with E-state index in [-0.39, 0.29) is 0 Å². The Morgan fingerprint density at radius 1 is 1.33 bits per heavy atom. The summed E-state index contributed by atoms with van der Waals surface area (Å²) in [5.74, 6) is 1.21. The lowest BCUT2D eigenvalue weighted by Gasteiger charge is -2.12. The zero-order valence-corrected chi connectivity index (χ0v) is 10.7. The minimum Gasteiger partial charge on any atom is -0.475 e. The second-order valence-electron chi connectivity index (χ2n) is 3.73.